The van der Waals surface area contributed by atoms with Gasteiger partial charge in [0.25, 0.3) is 0 Å². The minimum Gasteiger partial charge on any atom is -0.0922 e. The first-order chi connectivity index (χ1) is 5.63. The Balaban J connectivity index is 1.98. The third kappa shape index (κ3) is 1.08. The SMILES string of the molecule is CC(C)C1(CBr)CC2(CCC2)C1. The molecule has 12 heavy (non-hydrogen) atoms. The van der Waals surface area contributed by atoms with Crippen molar-refractivity contribution in [3.05, 3.63) is 0 Å². The number of rotatable bonds is 2. The Bertz CT molecular complexity index is 171. The molecule has 2 saturated carbocycles. The van der Waals surface area contributed by atoms with E-state index in [-0.39, 0.29) is 0 Å². The summed E-state index contributed by atoms with van der Waals surface area (Å²) >= 11 is 3.69. The first-order valence-electron chi connectivity index (χ1n) is 5.19. The van der Waals surface area contributed by atoms with Crippen molar-refractivity contribution >= 4 is 15.9 Å². The van der Waals surface area contributed by atoms with Crippen LogP contribution in [0.5, 0.6) is 0 Å². The van der Waals surface area contributed by atoms with Crippen molar-refractivity contribution < 1.29 is 0 Å². The monoisotopic (exact) mass is 230 g/mol. The maximum atomic E-state index is 3.69. The summed E-state index contributed by atoms with van der Waals surface area (Å²) in [6.07, 6.45) is 7.55. The average Bonchev–Trinajstić information content (AvgIpc) is 1.82. The molecule has 0 radical (unpaired) electrons. The molecule has 2 fully saturated rings. The van der Waals surface area contributed by atoms with Crippen LogP contribution in [0.25, 0.3) is 0 Å². The van der Waals surface area contributed by atoms with E-state index in [1.807, 2.05) is 0 Å². The summed E-state index contributed by atoms with van der Waals surface area (Å²) in [5, 5.41) is 1.22. The highest BCUT2D eigenvalue weighted by Crippen LogP contribution is 2.67. The van der Waals surface area contributed by atoms with Gasteiger partial charge in [0.05, 0.1) is 0 Å². The van der Waals surface area contributed by atoms with Gasteiger partial charge in [0, 0.05) is 5.33 Å². The van der Waals surface area contributed by atoms with Crippen LogP contribution in [0.2, 0.25) is 0 Å². The van der Waals surface area contributed by atoms with Crippen molar-refractivity contribution in [1.82, 2.24) is 0 Å². The van der Waals surface area contributed by atoms with Crippen LogP contribution in [0.1, 0.15) is 46.0 Å². The van der Waals surface area contributed by atoms with E-state index in [9.17, 15) is 0 Å². The fourth-order valence-corrected chi connectivity index (χ4v) is 4.17. The topological polar surface area (TPSA) is 0 Å². The molecule has 2 aliphatic rings. The van der Waals surface area contributed by atoms with Crippen molar-refractivity contribution in [3.8, 4) is 0 Å². The van der Waals surface area contributed by atoms with Crippen molar-refractivity contribution in [1.29, 1.82) is 0 Å². The zero-order valence-electron chi connectivity index (χ0n) is 8.20. The van der Waals surface area contributed by atoms with Crippen LogP contribution in [0.3, 0.4) is 0 Å². The third-order valence-corrected chi connectivity index (χ3v) is 5.48. The molecular formula is C11H19Br. The molecule has 2 aliphatic carbocycles. The molecule has 0 amide bonds. The second kappa shape index (κ2) is 2.73. The minimum atomic E-state index is 0.667. The lowest BCUT2D eigenvalue weighted by Crippen LogP contribution is -2.53. The highest BCUT2D eigenvalue weighted by Gasteiger charge is 2.57. The van der Waals surface area contributed by atoms with Gasteiger partial charge in [-0.2, -0.15) is 0 Å². The molecule has 0 aromatic heterocycles. The zero-order chi connectivity index (χ0) is 8.82. The fraction of sp³-hybridized carbons (Fsp3) is 1.00. The molecule has 0 N–H and O–H groups in total. The van der Waals surface area contributed by atoms with E-state index in [1.165, 1.54) is 37.4 Å². The lowest BCUT2D eigenvalue weighted by atomic mass is 9.43. The first kappa shape index (κ1) is 9.05. The van der Waals surface area contributed by atoms with Gasteiger partial charge in [-0.3, -0.25) is 0 Å². The van der Waals surface area contributed by atoms with E-state index in [0.29, 0.717) is 5.41 Å². The number of halogens is 1. The van der Waals surface area contributed by atoms with Gasteiger partial charge >= 0.3 is 0 Å². The van der Waals surface area contributed by atoms with Crippen LogP contribution < -0.4 is 0 Å². The van der Waals surface area contributed by atoms with Gasteiger partial charge in [-0.1, -0.05) is 36.2 Å². The number of hydrogen-bond acceptors (Lipinski definition) is 0. The molecule has 70 valence electrons. The maximum Gasteiger partial charge on any atom is 0.00908 e. The lowest BCUT2D eigenvalue weighted by Gasteiger charge is -2.63. The quantitative estimate of drug-likeness (QED) is 0.630. The third-order valence-electron chi connectivity index (χ3n) is 4.36. The molecule has 1 heteroatoms. The van der Waals surface area contributed by atoms with Gasteiger partial charge in [-0.15, -0.1) is 0 Å². The molecule has 0 atom stereocenters. The molecule has 0 unspecified atom stereocenters. The molecule has 0 bridgehead atoms. The predicted molar refractivity (Wildman–Crippen MR) is 56.6 cm³/mol. The number of hydrogen-bond donors (Lipinski definition) is 0. The van der Waals surface area contributed by atoms with Gasteiger partial charge in [0.1, 0.15) is 0 Å². The van der Waals surface area contributed by atoms with E-state index >= 15 is 0 Å². The summed E-state index contributed by atoms with van der Waals surface area (Å²) < 4.78 is 0. The predicted octanol–water partition coefficient (Wildman–Crippen LogP) is 3.99. The summed E-state index contributed by atoms with van der Waals surface area (Å²) in [4.78, 5) is 0. The van der Waals surface area contributed by atoms with E-state index in [4.69, 9.17) is 0 Å². The van der Waals surface area contributed by atoms with Crippen LogP contribution >= 0.6 is 15.9 Å². The summed E-state index contributed by atoms with van der Waals surface area (Å²) in [7, 11) is 0. The van der Waals surface area contributed by atoms with Crippen molar-refractivity contribution in [2.45, 2.75) is 46.0 Å². The summed E-state index contributed by atoms with van der Waals surface area (Å²) in [6, 6.07) is 0. The first-order valence-corrected chi connectivity index (χ1v) is 6.31. The van der Waals surface area contributed by atoms with Gasteiger partial charge < -0.3 is 0 Å². The second-order valence-corrected chi connectivity index (χ2v) is 5.92. The van der Waals surface area contributed by atoms with Gasteiger partial charge in [0.2, 0.25) is 0 Å². The second-order valence-electron chi connectivity index (χ2n) is 5.36. The highest BCUT2D eigenvalue weighted by atomic mass is 79.9. The van der Waals surface area contributed by atoms with Crippen LogP contribution in [0.4, 0.5) is 0 Å². The zero-order valence-corrected chi connectivity index (χ0v) is 9.78. The van der Waals surface area contributed by atoms with Gasteiger partial charge in [-0.25, -0.2) is 0 Å². The standard InChI is InChI=1S/C11H19Br/c1-9(2)11(8-12)6-10(7-11)4-3-5-10/h9H,3-8H2,1-2H3. The smallest absolute Gasteiger partial charge is 0.00908 e. The lowest BCUT2D eigenvalue weighted by molar-refractivity contribution is -0.107. The largest absolute Gasteiger partial charge is 0.0922 e. The van der Waals surface area contributed by atoms with Crippen LogP contribution in [0.15, 0.2) is 0 Å². The summed E-state index contributed by atoms with van der Waals surface area (Å²) in [6.45, 7) is 4.76. The van der Waals surface area contributed by atoms with Crippen molar-refractivity contribution in [2.75, 3.05) is 5.33 Å². The highest BCUT2D eigenvalue weighted by molar-refractivity contribution is 9.09. The fourth-order valence-electron chi connectivity index (χ4n) is 3.13. The van der Waals surface area contributed by atoms with E-state index in [2.05, 4.69) is 29.8 Å². The van der Waals surface area contributed by atoms with Crippen LogP contribution in [-0.2, 0) is 0 Å². The minimum absolute atomic E-state index is 0.667. The average molecular weight is 231 g/mol. The molecular weight excluding hydrogens is 212 g/mol. The molecule has 0 saturated heterocycles. The van der Waals surface area contributed by atoms with Crippen LogP contribution in [-0.4, -0.2) is 5.33 Å². The summed E-state index contributed by atoms with van der Waals surface area (Å²) in [5.41, 5.74) is 1.50. The molecule has 2 rings (SSSR count). The van der Waals surface area contributed by atoms with E-state index < -0.39 is 0 Å². The Labute approximate surface area is 84.2 Å². The van der Waals surface area contributed by atoms with Gasteiger partial charge in [-0.05, 0) is 42.4 Å². The normalized spacial score (nSPS) is 30.0. The molecule has 0 aliphatic heterocycles. The Morgan fingerprint density at radius 2 is 1.83 bits per heavy atom. The van der Waals surface area contributed by atoms with Crippen molar-refractivity contribution in [2.24, 2.45) is 16.7 Å². The van der Waals surface area contributed by atoms with Crippen molar-refractivity contribution in [3.63, 3.8) is 0 Å². The Hall–Kier alpha value is 0.480. The van der Waals surface area contributed by atoms with Gasteiger partial charge in [0.15, 0.2) is 0 Å². The number of alkyl halides is 1. The molecule has 0 aromatic carbocycles. The Morgan fingerprint density at radius 3 is 2.08 bits per heavy atom. The molecule has 0 aromatic rings. The Morgan fingerprint density at radius 1 is 1.25 bits per heavy atom. The van der Waals surface area contributed by atoms with Crippen LogP contribution in [0, 0.1) is 16.7 Å². The maximum absolute atomic E-state index is 3.69. The summed E-state index contributed by atoms with van der Waals surface area (Å²) in [5.74, 6) is 0.864. The molecule has 1 spiro atoms. The molecule has 0 nitrogen and oxygen atoms in total. The van der Waals surface area contributed by atoms with E-state index in [1.54, 1.807) is 0 Å². The van der Waals surface area contributed by atoms with E-state index in [0.717, 1.165) is 11.3 Å². The Kier molecular flexibility index (Phi) is 2.06. The molecule has 0 heterocycles.